The predicted octanol–water partition coefficient (Wildman–Crippen LogP) is 15.0. The highest BCUT2D eigenvalue weighted by atomic mass is 16.3. The van der Waals surface area contributed by atoms with Crippen LogP contribution in [-0.4, -0.2) is 19.6 Å². The van der Waals surface area contributed by atoms with E-state index in [1.807, 2.05) is 18.3 Å². The quantitative estimate of drug-likeness (QED) is 0.175. The standard InChI is InChI=1S/C57H53N3O/c1-55(2,3)43-27-28-51(61)49(34-43)54-59-53-46(32-41(37-19-12-9-13-20-37)33-50(53)60(54)57(7,8)42-25-16-11-17-26-42)39-23-18-24-40(31-39)47-35-44(56(4,5)6)36-48-45(29-30-58-52(47)48)38-21-14-10-15-22-38/h9-36,61H,1-8H3. The van der Waals surface area contributed by atoms with Gasteiger partial charge in [0.1, 0.15) is 11.6 Å². The molecule has 0 saturated carbocycles. The molecule has 0 saturated heterocycles. The van der Waals surface area contributed by atoms with Crippen LogP contribution in [0, 0.1) is 0 Å². The van der Waals surface area contributed by atoms with Crippen LogP contribution in [0.3, 0.4) is 0 Å². The molecule has 2 heterocycles. The summed E-state index contributed by atoms with van der Waals surface area (Å²) in [6.45, 7) is 17.9. The molecule has 0 fully saturated rings. The molecule has 1 N–H and O–H groups in total. The lowest BCUT2D eigenvalue weighted by Gasteiger charge is -2.31. The third-order valence-corrected chi connectivity index (χ3v) is 12.3. The molecule has 4 nitrogen and oxygen atoms in total. The van der Waals surface area contributed by atoms with Crippen LogP contribution in [0.5, 0.6) is 5.75 Å². The molecule has 4 heteroatoms. The number of hydrogen-bond acceptors (Lipinski definition) is 3. The minimum atomic E-state index is -0.557. The molecule has 2 aromatic heterocycles. The van der Waals surface area contributed by atoms with Crippen molar-refractivity contribution in [3.8, 4) is 61.6 Å². The molecule has 0 spiro atoms. The van der Waals surface area contributed by atoms with Crippen molar-refractivity contribution >= 4 is 21.9 Å². The average Bonchev–Trinajstić information content (AvgIpc) is 3.66. The number of benzene rings is 7. The van der Waals surface area contributed by atoms with Crippen molar-refractivity contribution in [1.29, 1.82) is 0 Å². The van der Waals surface area contributed by atoms with Gasteiger partial charge in [0, 0.05) is 22.7 Å². The van der Waals surface area contributed by atoms with E-state index in [1.165, 1.54) is 16.7 Å². The molecule has 0 amide bonds. The Morgan fingerprint density at radius 3 is 1.64 bits per heavy atom. The van der Waals surface area contributed by atoms with E-state index < -0.39 is 5.54 Å². The van der Waals surface area contributed by atoms with Gasteiger partial charge < -0.3 is 9.67 Å². The Morgan fingerprint density at radius 1 is 0.426 bits per heavy atom. The molecule has 0 aliphatic heterocycles. The van der Waals surface area contributed by atoms with E-state index >= 15 is 0 Å². The molecule has 0 aliphatic rings. The van der Waals surface area contributed by atoms with E-state index in [4.69, 9.17) is 9.97 Å². The summed E-state index contributed by atoms with van der Waals surface area (Å²) in [5.74, 6) is 0.921. The Labute approximate surface area is 360 Å². The summed E-state index contributed by atoms with van der Waals surface area (Å²) in [4.78, 5) is 10.7. The number of fused-ring (bicyclic) bond motifs is 2. The minimum Gasteiger partial charge on any atom is -0.507 e. The van der Waals surface area contributed by atoms with Crippen LogP contribution in [0.4, 0.5) is 0 Å². The SMILES string of the molecule is CC(C)(C)c1ccc(O)c(-c2nc3c(-c4cccc(-c5cc(C(C)(C)C)cc6c(-c7ccccc7)ccnc56)c4)cc(-c4ccccc4)cc3n2C(C)(C)c2ccccc2)c1. The second-order valence-electron chi connectivity index (χ2n) is 18.9. The summed E-state index contributed by atoms with van der Waals surface area (Å²) in [5.41, 5.74) is 15.1. The van der Waals surface area contributed by atoms with Crippen LogP contribution in [0.1, 0.15) is 72.1 Å². The van der Waals surface area contributed by atoms with Gasteiger partial charge in [-0.25, -0.2) is 4.98 Å². The summed E-state index contributed by atoms with van der Waals surface area (Å²) < 4.78 is 2.34. The number of aromatic nitrogens is 3. The highest BCUT2D eigenvalue weighted by Gasteiger charge is 2.32. The lowest BCUT2D eigenvalue weighted by atomic mass is 9.83. The number of phenols is 1. The molecule has 0 aliphatic carbocycles. The van der Waals surface area contributed by atoms with Gasteiger partial charge in [-0.2, -0.15) is 0 Å². The smallest absolute Gasteiger partial charge is 0.145 e. The molecule has 9 rings (SSSR count). The zero-order chi connectivity index (χ0) is 42.7. The molecule has 61 heavy (non-hydrogen) atoms. The van der Waals surface area contributed by atoms with Crippen molar-refractivity contribution in [2.24, 2.45) is 0 Å². The summed E-state index contributed by atoms with van der Waals surface area (Å²) in [6, 6.07) is 58.0. The van der Waals surface area contributed by atoms with Crippen LogP contribution in [0.25, 0.3) is 77.8 Å². The topological polar surface area (TPSA) is 50.9 Å². The van der Waals surface area contributed by atoms with Gasteiger partial charge in [0.05, 0.1) is 27.7 Å². The number of hydrogen-bond donors (Lipinski definition) is 1. The van der Waals surface area contributed by atoms with Crippen molar-refractivity contribution in [2.75, 3.05) is 0 Å². The molecular weight excluding hydrogens is 743 g/mol. The van der Waals surface area contributed by atoms with Crippen LogP contribution >= 0.6 is 0 Å². The fraction of sp³-hybridized carbons (Fsp3) is 0.193. The highest BCUT2D eigenvalue weighted by Crippen LogP contribution is 2.45. The molecule has 0 bridgehead atoms. The lowest BCUT2D eigenvalue weighted by Crippen LogP contribution is -2.28. The Morgan fingerprint density at radius 2 is 1.00 bits per heavy atom. The zero-order valence-electron chi connectivity index (χ0n) is 36.5. The Balaban J connectivity index is 1.35. The monoisotopic (exact) mass is 795 g/mol. The van der Waals surface area contributed by atoms with Gasteiger partial charge in [0.2, 0.25) is 0 Å². The minimum absolute atomic E-state index is 0.0921. The number of nitrogens with zero attached hydrogens (tertiary/aromatic N) is 3. The van der Waals surface area contributed by atoms with Crippen molar-refractivity contribution in [3.05, 3.63) is 187 Å². The van der Waals surface area contributed by atoms with E-state index in [-0.39, 0.29) is 16.6 Å². The third-order valence-electron chi connectivity index (χ3n) is 12.3. The van der Waals surface area contributed by atoms with E-state index in [0.717, 1.165) is 72.3 Å². The number of pyridine rings is 1. The molecule has 0 radical (unpaired) electrons. The van der Waals surface area contributed by atoms with E-state index in [9.17, 15) is 5.11 Å². The van der Waals surface area contributed by atoms with Crippen molar-refractivity contribution in [1.82, 2.24) is 14.5 Å². The van der Waals surface area contributed by atoms with Crippen LogP contribution in [-0.2, 0) is 16.4 Å². The maximum Gasteiger partial charge on any atom is 0.145 e. The predicted molar refractivity (Wildman–Crippen MR) is 256 cm³/mol. The van der Waals surface area contributed by atoms with Gasteiger partial charge in [-0.15, -0.1) is 0 Å². The second kappa shape index (κ2) is 15.0. The van der Waals surface area contributed by atoms with Gasteiger partial charge in [0.25, 0.3) is 0 Å². The van der Waals surface area contributed by atoms with Gasteiger partial charge in [-0.1, -0.05) is 157 Å². The number of aromatic hydroxyl groups is 1. The Bertz CT molecular complexity index is 3060. The van der Waals surface area contributed by atoms with E-state index in [0.29, 0.717) is 5.56 Å². The molecule has 0 unspecified atom stereocenters. The first-order valence-corrected chi connectivity index (χ1v) is 21.3. The Hall–Kier alpha value is -6.78. The van der Waals surface area contributed by atoms with Gasteiger partial charge in [-0.3, -0.25) is 4.98 Å². The summed E-state index contributed by atoms with van der Waals surface area (Å²) in [6.07, 6.45) is 1.94. The third kappa shape index (κ3) is 7.31. The first-order valence-electron chi connectivity index (χ1n) is 21.3. The first kappa shape index (κ1) is 39.7. The fourth-order valence-corrected chi connectivity index (χ4v) is 8.73. The second-order valence-corrected chi connectivity index (χ2v) is 18.9. The van der Waals surface area contributed by atoms with Crippen molar-refractivity contribution in [3.63, 3.8) is 0 Å². The summed E-state index contributed by atoms with van der Waals surface area (Å²) in [7, 11) is 0. The molecule has 302 valence electrons. The number of imidazole rings is 1. The largest absolute Gasteiger partial charge is 0.507 e. The average molecular weight is 796 g/mol. The van der Waals surface area contributed by atoms with E-state index in [1.54, 1.807) is 0 Å². The fourth-order valence-electron chi connectivity index (χ4n) is 8.73. The molecular formula is C57H53N3O. The lowest BCUT2D eigenvalue weighted by molar-refractivity contribution is 0.448. The molecule has 0 atom stereocenters. The summed E-state index contributed by atoms with van der Waals surface area (Å²) in [5, 5.41) is 12.9. The van der Waals surface area contributed by atoms with Crippen molar-refractivity contribution in [2.45, 2.75) is 71.8 Å². The highest BCUT2D eigenvalue weighted by molar-refractivity contribution is 6.04. The zero-order valence-corrected chi connectivity index (χ0v) is 36.5. The van der Waals surface area contributed by atoms with Crippen LogP contribution in [0.15, 0.2) is 170 Å². The first-order chi connectivity index (χ1) is 29.2. The number of rotatable bonds is 7. The van der Waals surface area contributed by atoms with Gasteiger partial charge in [-0.05, 0) is 123 Å². The maximum absolute atomic E-state index is 11.7. The Kier molecular flexibility index (Phi) is 9.78. The van der Waals surface area contributed by atoms with Gasteiger partial charge in [0.15, 0.2) is 0 Å². The molecule has 9 aromatic rings. The van der Waals surface area contributed by atoms with Crippen LogP contribution in [0.2, 0.25) is 0 Å². The maximum atomic E-state index is 11.7. The normalized spacial score (nSPS) is 12.3. The number of phenolic OH excluding ortho intramolecular Hbond substituents is 1. The van der Waals surface area contributed by atoms with Crippen LogP contribution < -0.4 is 0 Å². The van der Waals surface area contributed by atoms with Crippen molar-refractivity contribution < 1.29 is 5.11 Å². The molecule has 7 aromatic carbocycles. The summed E-state index contributed by atoms with van der Waals surface area (Å²) >= 11 is 0. The van der Waals surface area contributed by atoms with Gasteiger partial charge >= 0.3 is 0 Å². The van der Waals surface area contributed by atoms with E-state index in [2.05, 4.69) is 212 Å².